The molecule has 84 valence electrons. The van der Waals surface area contributed by atoms with Gasteiger partial charge in [0, 0.05) is 17.5 Å². The zero-order chi connectivity index (χ0) is 11.4. The molecule has 1 heterocycles. The number of aryl methyl sites for hydroxylation is 2. The van der Waals surface area contributed by atoms with Crippen LogP contribution in [0, 0.1) is 13.8 Å². The van der Waals surface area contributed by atoms with Gasteiger partial charge in [-0.15, -0.1) is 11.3 Å². The molecule has 1 aromatic rings. The Bertz CT molecular complexity index is 349. The summed E-state index contributed by atoms with van der Waals surface area (Å²) in [6.07, 6.45) is 2.20. The first kappa shape index (κ1) is 12.4. The largest absolute Gasteiger partial charge is 0.305 e. The summed E-state index contributed by atoms with van der Waals surface area (Å²) in [6, 6.07) is 0.338. The molecule has 0 aromatic carbocycles. The third kappa shape index (κ3) is 3.76. The van der Waals surface area contributed by atoms with Gasteiger partial charge in [-0.25, -0.2) is 4.98 Å². The Morgan fingerprint density at radius 1 is 1.47 bits per heavy atom. The van der Waals surface area contributed by atoms with Gasteiger partial charge < -0.3 is 5.32 Å². The van der Waals surface area contributed by atoms with Gasteiger partial charge in [-0.1, -0.05) is 11.6 Å². The number of hydrogen-bond donors (Lipinski definition) is 1. The van der Waals surface area contributed by atoms with E-state index in [1.54, 1.807) is 11.3 Å². The van der Waals surface area contributed by atoms with E-state index in [0.29, 0.717) is 6.04 Å². The van der Waals surface area contributed by atoms with Crippen LogP contribution >= 0.6 is 11.3 Å². The van der Waals surface area contributed by atoms with Crippen molar-refractivity contribution in [3.05, 3.63) is 27.2 Å². The predicted molar refractivity (Wildman–Crippen MR) is 67.4 cm³/mol. The fourth-order valence-electron chi connectivity index (χ4n) is 1.48. The van der Waals surface area contributed by atoms with Gasteiger partial charge in [0.05, 0.1) is 10.7 Å². The lowest BCUT2D eigenvalue weighted by molar-refractivity contribution is 0.599. The van der Waals surface area contributed by atoms with Gasteiger partial charge in [-0.05, 0) is 34.6 Å². The third-order valence-corrected chi connectivity index (χ3v) is 3.19. The van der Waals surface area contributed by atoms with Gasteiger partial charge in [-0.3, -0.25) is 0 Å². The van der Waals surface area contributed by atoms with Crippen molar-refractivity contribution in [3.8, 4) is 0 Å². The molecule has 2 nitrogen and oxygen atoms in total. The number of nitrogens with one attached hydrogen (secondary N) is 1. The zero-order valence-corrected chi connectivity index (χ0v) is 11.0. The van der Waals surface area contributed by atoms with Gasteiger partial charge in [0.2, 0.25) is 0 Å². The van der Waals surface area contributed by atoms with Crippen LogP contribution in [0.4, 0.5) is 0 Å². The molecule has 1 aromatic heterocycles. The van der Waals surface area contributed by atoms with E-state index in [1.165, 1.54) is 16.1 Å². The molecule has 1 rings (SSSR count). The molecule has 0 saturated heterocycles. The van der Waals surface area contributed by atoms with E-state index in [9.17, 15) is 0 Å². The molecule has 1 atom stereocenters. The summed E-state index contributed by atoms with van der Waals surface area (Å²) in [5.74, 6) is 0. The van der Waals surface area contributed by atoms with Crippen LogP contribution in [0.3, 0.4) is 0 Å². The number of rotatable bonds is 4. The molecule has 0 spiro atoms. The molecule has 0 aliphatic rings. The van der Waals surface area contributed by atoms with Crippen molar-refractivity contribution in [2.75, 3.05) is 6.54 Å². The first-order valence-corrected chi connectivity index (χ1v) is 6.13. The van der Waals surface area contributed by atoms with E-state index < -0.39 is 0 Å². The molecule has 0 aliphatic carbocycles. The number of allylic oxidation sites excluding steroid dienone is 1. The van der Waals surface area contributed by atoms with Gasteiger partial charge in [0.25, 0.3) is 0 Å². The minimum absolute atomic E-state index is 0.338. The van der Waals surface area contributed by atoms with Crippen molar-refractivity contribution in [2.24, 2.45) is 0 Å². The minimum Gasteiger partial charge on any atom is -0.305 e. The van der Waals surface area contributed by atoms with Crippen molar-refractivity contribution >= 4 is 11.3 Å². The van der Waals surface area contributed by atoms with Gasteiger partial charge >= 0.3 is 0 Å². The van der Waals surface area contributed by atoms with Crippen LogP contribution in [0.5, 0.6) is 0 Å². The Balaban J connectivity index is 2.57. The van der Waals surface area contributed by atoms with Crippen LogP contribution in [0.1, 0.15) is 42.4 Å². The summed E-state index contributed by atoms with van der Waals surface area (Å²) < 4.78 is 0. The van der Waals surface area contributed by atoms with Crippen molar-refractivity contribution in [3.63, 3.8) is 0 Å². The summed E-state index contributed by atoms with van der Waals surface area (Å²) in [6.45, 7) is 11.5. The predicted octanol–water partition coefficient (Wildman–Crippen LogP) is 3.38. The summed E-state index contributed by atoms with van der Waals surface area (Å²) >= 11 is 1.77. The number of hydrogen-bond acceptors (Lipinski definition) is 3. The van der Waals surface area contributed by atoms with E-state index in [1.807, 2.05) is 0 Å². The second-order valence-electron chi connectivity index (χ2n) is 4.09. The molecule has 0 aliphatic heterocycles. The maximum atomic E-state index is 4.54. The maximum absolute atomic E-state index is 4.54. The SMILES string of the molecule is CC(C)=CCNC(C)c1nc(C)sc1C. The number of thiazole rings is 1. The normalized spacial score (nSPS) is 12.6. The lowest BCUT2D eigenvalue weighted by Gasteiger charge is -2.10. The zero-order valence-electron chi connectivity index (χ0n) is 10.2. The van der Waals surface area contributed by atoms with Crippen LogP contribution in [0.15, 0.2) is 11.6 Å². The lowest BCUT2D eigenvalue weighted by Crippen LogP contribution is -2.19. The second-order valence-corrected chi connectivity index (χ2v) is 5.49. The van der Waals surface area contributed by atoms with Crippen LogP contribution in [-0.4, -0.2) is 11.5 Å². The first-order chi connectivity index (χ1) is 7.00. The molecule has 3 heteroatoms. The van der Waals surface area contributed by atoms with Gasteiger partial charge in [0.15, 0.2) is 0 Å². The Morgan fingerprint density at radius 2 is 2.13 bits per heavy atom. The van der Waals surface area contributed by atoms with E-state index in [-0.39, 0.29) is 0 Å². The fourth-order valence-corrected chi connectivity index (χ4v) is 2.40. The van der Waals surface area contributed by atoms with E-state index in [4.69, 9.17) is 0 Å². The van der Waals surface area contributed by atoms with Crippen molar-refractivity contribution in [1.29, 1.82) is 0 Å². The topological polar surface area (TPSA) is 24.9 Å². The Kier molecular flexibility index (Phi) is 4.48. The van der Waals surface area contributed by atoms with Gasteiger partial charge in [0.1, 0.15) is 0 Å². The first-order valence-electron chi connectivity index (χ1n) is 5.31. The molecule has 15 heavy (non-hydrogen) atoms. The minimum atomic E-state index is 0.338. The van der Waals surface area contributed by atoms with Gasteiger partial charge in [-0.2, -0.15) is 0 Å². The Labute approximate surface area is 96.4 Å². The molecule has 1 unspecified atom stereocenters. The lowest BCUT2D eigenvalue weighted by atomic mass is 10.2. The number of nitrogens with zero attached hydrogens (tertiary/aromatic N) is 1. The monoisotopic (exact) mass is 224 g/mol. The highest BCUT2D eigenvalue weighted by molar-refractivity contribution is 7.11. The molecule has 0 radical (unpaired) electrons. The average Bonchev–Trinajstić information content (AvgIpc) is 2.44. The van der Waals surface area contributed by atoms with Crippen LogP contribution in [0.2, 0.25) is 0 Å². The highest BCUT2D eigenvalue weighted by atomic mass is 32.1. The quantitative estimate of drug-likeness (QED) is 0.793. The standard InChI is InChI=1S/C12H20N2S/c1-8(2)6-7-13-9(3)12-10(4)15-11(5)14-12/h6,9,13H,7H2,1-5H3. The number of aromatic nitrogens is 1. The molecule has 0 fully saturated rings. The molecular weight excluding hydrogens is 204 g/mol. The molecule has 0 amide bonds. The van der Waals surface area contributed by atoms with E-state index >= 15 is 0 Å². The summed E-state index contributed by atoms with van der Waals surface area (Å²) in [5, 5.41) is 4.60. The third-order valence-electron chi connectivity index (χ3n) is 2.28. The van der Waals surface area contributed by atoms with E-state index in [0.717, 1.165) is 11.6 Å². The highest BCUT2D eigenvalue weighted by Gasteiger charge is 2.11. The summed E-state index contributed by atoms with van der Waals surface area (Å²) in [7, 11) is 0. The van der Waals surface area contributed by atoms with Crippen molar-refractivity contribution in [2.45, 2.75) is 40.7 Å². The molecule has 1 N–H and O–H groups in total. The highest BCUT2D eigenvalue weighted by Crippen LogP contribution is 2.22. The summed E-state index contributed by atoms with van der Waals surface area (Å²) in [4.78, 5) is 5.87. The van der Waals surface area contributed by atoms with Crippen LogP contribution in [0.25, 0.3) is 0 Å². The van der Waals surface area contributed by atoms with Crippen LogP contribution < -0.4 is 5.32 Å². The fraction of sp³-hybridized carbons (Fsp3) is 0.583. The summed E-state index contributed by atoms with van der Waals surface area (Å²) in [5.41, 5.74) is 2.54. The second kappa shape index (κ2) is 5.42. The smallest absolute Gasteiger partial charge is 0.0900 e. The van der Waals surface area contributed by atoms with Crippen LogP contribution in [-0.2, 0) is 0 Å². The average molecular weight is 224 g/mol. The Hall–Kier alpha value is -0.670. The molecule has 0 saturated carbocycles. The van der Waals surface area contributed by atoms with E-state index in [2.05, 4.69) is 51.0 Å². The Morgan fingerprint density at radius 3 is 2.60 bits per heavy atom. The molecular formula is C12H20N2S. The maximum Gasteiger partial charge on any atom is 0.0900 e. The van der Waals surface area contributed by atoms with Crippen molar-refractivity contribution in [1.82, 2.24) is 10.3 Å². The van der Waals surface area contributed by atoms with Crippen molar-refractivity contribution < 1.29 is 0 Å². The molecule has 0 bridgehead atoms.